The van der Waals surface area contributed by atoms with Crippen molar-refractivity contribution in [1.82, 2.24) is 15.2 Å². The molecule has 0 aromatic carbocycles. The molecule has 0 unspecified atom stereocenters. The molecule has 98 valence electrons. The van der Waals surface area contributed by atoms with Crippen molar-refractivity contribution in [3.05, 3.63) is 48.8 Å². The van der Waals surface area contributed by atoms with Crippen LogP contribution in [0.4, 0.5) is 11.7 Å². The number of aromatic amines is 2. The third-order valence-corrected chi connectivity index (χ3v) is 1.87. The van der Waals surface area contributed by atoms with Crippen LogP contribution in [-0.4, -0.2) is 26.3 Å². The van der Waals surface area contributed by atoms with E-state index < -0.39 is 22.1 Å². The van der Waals surface area contributed by atoms with E-state index in [0.29, 0.717) is 0 Å². The van der Waals surface area contributed by atoms with Gasteiger partial charge in [-0.1, -0.05) is 0 Å². The predicted molar refractivity (Wildman–Crippen MR) is 62.1 cm³/mol. The molecule has 2 aromatic rings. The van der Waals surface area contributed by atoms with E-state index in [0.717, 1.165) is 12.3 Å². The van der Waals surface area contributed by atoms with Crippen molar-refractivity contribution in [2.75, 3.05) is 5.43 Å². The maximum atomic E-state index is 11.2. The predicted octanol–water partition coefficient (Wildman–Crippen LogP) is -0.595. The summed E-state index contributed by atoms with van der Waals surface area (Å²) in [6.07, 6.45) is 1.11. The number of anilines is 1. The van der Waals surface area contributed by atoms with Crippen molar-refractivity contribution in [3.8, 4) is 0 Å². The molecule has 0 aliphatic rings. The zero-order chi connectivity index (χ0) is 13.8. The molecule has 2 rings (SSSR count). The monoisotopic (exact) mass is 266 g/mol. The van der Waals surface area contributed by atoms with Crippen LogP contribution in [0.25, 0.3) is 0 Å². The van der Waals surface area contributed by atoms with E-state index in [1.54, 1.807) is 0 Å². The van der Waals surface area contributed by atoms with Gasteiger partial charge in [0.05, 0.1) is 12.3 Å². The molecular weight excluding hydrogens is 260 g/mol. The molecule has 0 bridgehead atoms. The average molecular weight is 266 g/mol. The highest BCUT2D eigenvalue weighted by atomic mass is 16.6. The van der Waals surface area contributed by atoms with Gasteiger partial charge in [-0.3, -0.25) is 25.3 Å². The van der Waals surface area contributed by atoms with Gasteiger partial charge in [-0.05, 0) is 6.07 Å². The minimum atomic E-state index is -0.758. The second-order valence-corrected chi connectivity index (χ2v) is 3.16. The minimum Gasteiger partial charge on any atom is -0.400 e. The van der Waals surface area contributed by atoms with E-state index >= 15 is 0 Å². The Balaban J connectivity index is 2.09. The highest BCUT2D eigenvalue weighted by molar-refractivity contribution is 5.76. The van der Waals surface area contributed by atoms with E-state index in [9.17, 15) is 19.7 Å². The number of H-pyrrole nitrogens is 2. The Labute approximate surface area is 103 Å². The van der Waals surface area contributed by atoms with Crippen LogP contribution in [0.15, 0.2) is 31.2 Å². The molecule has 3 N–H and O–H groups in total. The number of hydrogen-bond acceptors (Lipinski definition) is 8. The Hall–Kier alpha value is -3.24. The van der Waals surface area contributed by atoms with Gasteiger partial charge in [0.1, 0.15) is 4.92 Å². The first-order valence-corrected chi connectivity index (χ1v) is 4.78. The molecule has 11 heteroatoms. The smallest absolute Gasteiger partial charge is 0.400 e. The molecule has 0 radical (unpaired) electrons. The molecule has 0 aliphatic heterocycles. The van der Waals surface area contributed by atoms with Crippen LogP contribution in [0.3, 0.4) is 0 Å². The summed E-state index contributed by atoms with van der Waals surface area (Å²) in [4.78, 5) is 33.5. The van der Waals surface area contributed by atoms with Crippen molar-refractivity contribution in [2.24, 2.45) is 5.10 Å². The number of furan rings is 1. The van der Waals surface area contributed by atoms with Crippen molar-refractivity contribution in [1.29, 1.82) is 0 Å². The van der Waals surface area contributed by atoms with E-state index in [1.807, 2.05) is 10.1 Å². The fraction of sp³-hybridized carbons (Fsp3) is 0. The summed E-state index contributed by atoms with van der Waals surface area (Å²) in [5.74, 6) is -0.557. The topological polar surface area (TPSA) is 159 Å². The van der Waals surface area contributed by atoms with Crippen molar-refractivity contribution < 1.29 is 9.34 Å². The molecular formula is C8H6N6O5. The molecule has 11 nitrogen and oxygen atoms in total. The molecule has 0 aliphatic carbocycles. The summed E-state index contributed by atoms with van der Waals surface area (Å²) in [7, 11) is 0. The van der Waals surface area contributed by atoms with Gasteiger partial charge in [0.25, 0.3) is 5.56 Å². The second kappa shape index (κ2) is 4.95. The molecule has 0 amide bonds. The number of nitro groups is 1. The first-order valence-electron chi connectivity index (χ1n) is 4.78. The highest BCUT2D eigenvalue weighted by Gasteiger charge is 2.10. The number of rotatable bonds is 4. The van der Waals surface area contributed by atoms with Crippen LogP contribution in [0.2, 0.25) is 0 Å². The summed E-state index contributed by atoms with van der Waals surface area (Å²) in [6.45, 7) is 0. The summed E-state index contributed by atoms with van der Waals surface area (Å²) >= 11 is 0. The Morgan fingerprint density at radius 3 is 2.89 bits per heavy atom. The number of aromatic nitrogens is 3. The van der Waals surface area contributed by atoms with Gasteiger partial charge in [-0.25, -0.2) is 9.89 Å². The summed E-state index contributed by atoms with van der Waals surface area (Å²) < 4.78 is 4.78. The van der Waals surface area contributed by atoms with Crippen molar-refractivity contribution >= 4 is 17.9 Å². The van der Waals surface area contributed by atoms with E-state index in [-0.39, 0.29) is 11.6 Å². The lowest BCUT2D eigenvalue weighted by molar-refractivity contribution is -0.402. The van der Waals surface area contributed by atoms with Gasteiger partial charge in [0.2, 0.25) is 5.82 Å². The van der Waals surface area contributed by atoms with E-state index in [2.05, 4.69) is 15.6 Å². The van der Waals surface area contributed by atoms with Crippen molar-refractivity contribution in [2.45, 2.75) is 0 Å². The SMILES string of the molecule is O=c1[nH]nc(N/N=C/c2ccc([N+](=O)[O-])o2)c(=O)[nH]1. The number of hydrazone groups is 1. The average Bonchev–Trinajstić information content (AvgIpc) is 2.81. The van der Waals surface area contributed by atoms with Crippen LogP contribution in [0.1, 0.15) is 5.76 Å². The fourth-order valence-electron chi connectivity index (χ4n) is 1.09. The molecule has 2 heterocycles. The molecule has 0 spiro atoms. The molecule has 19 heavy (non-hydrogen) atoms. The van der Waals surface area contributed by atoms with Gasteiger partial charge in [0.15, 0.2) is 5.76 Å². The third-order valence-electron chi connectivity index (χ3n) is 1.87. The van der Waals surface area contributed by atoms with Gasteiger partial charge in [-0.15, -0.1) is 5.10 Å². The lowest BCUT2D eigenvalue weighted by Crippen LogP contribution is -2.25. The molecule has 0 fully saturated rings. The maximum Gasteiger partial charge on any atom is 0.433 e. The van der Waals surface area contributed by atoms with Crippen LogP contribution >= 0.6 is 0 Å². The Morgan fingerprint density at radius 2 is 2.26 bits per heavy atom. The normalized spacial score (nSPS) is 10.7. The summed E-state index contributed by atoms with van der Waals surface area (Å²) in [5, 5.41) is 19.3. The van der Waals surface area contributed by atoms with E-state index in [1.165, 1.54) is 6.07 Å². The van der Waals surface area contributed by atoms with Gasteiger partial charge < -0.3 is 4.42 Å². The largest absolute Gasteiger partial charge is 0.433 e. The van der Waals surface area contributed by atoms with Gasteiger partial charge in [0, 0.05) is 0 Å². The number of hydrogen-bond donors (Lipinski definition) is 3. The molecule has 0 atom stereocenters. The maximum absolute atomic E-state index is 11.2. The number of nitrogens with zero attached hydrogens (tertiary/aromatic N) is 3. The second-order valence-electron chi connectivity index (χ2n) is 3.16. The quantitative estimate of drug-likeness (QED) is 0.378. The molecule has 0 saturated carbocycles. The van der Waals surface area contributed by atoms with Gasteiger partial charge >= 0.3 is 11.6 Å². The molecule has 2 aromatic heterocycles. The van der Waals surface area contributed by atoms with Crippen LogP contribution in [0.5, 0.6) is 0 Å². The zero-order valence-electron chi connectivity index (χ0n) is 9.11. The minimum absolute atomic E-state index is 0.111. The standard InChI is InChI=1S/C8H6N6O5/c15-7-6(12-13-8(16)10-7)11-9-3-4-1-2-5(19-4)14(17)18/h1-3H,(H,11,12)(H2,10,13,15,16)/b9-3+. The third kappa shape index (κ3) is 2.91. The lowest BCUT2D eigenvalue weighted by atomic mass is 10.5. The van der Waals surface area contributed by atoms with Gasteiger partial charge in [-0.2, -0.15) is 5.10 Å². The summed E-state index contributed by atoms with van der Waals surface area (Å²) in [5.41, 5.74) is 0.735. The first-order chi connectivity index (χ1) is 9.06. The molecule has 0 saturated heterocycles. The van der Waals surface area contributed by atoms with E-state index in [4.69, 9.17) is 4.42 Å². The number of nitrogens with one attached hydrogen (secondary N) is 3. The van der Waals surface area contributed by atoms with Crippen LogP contribution in [0, 0.1) is 10.1 Å². The Kier molecular flexibility index (Phi) is 3.18. The fourth-order valence-corrected chi connectivity index (χ4v) is 1.09. The highest BCUT2D eigenvalue weighted by Crippen LogP contribution is 2.13. The van der Waals surface area contributed by atoms with Crippen molar-refractivity contribution in [3.63, 3.8) is 0 Å². The first kappa shape index (κ1) is 12.2. The summed E-state index contributed by atoms with van der Waals surface area (Å²) in [6, 6.07) is 2.49. The van der Waals surface area contributed by atoms with Crippen LogP contribution in [-0.2, 0) is 0 Å². The lowest BCUT2D eigenvalue weighted by Gasteiger charge is -1.94. The Bertz CT molecular complexity index is 740. The zero-order valence-corrected chi connectivity index (χ0v) is 9.11. The van der Waals surface area contributed by atoms with Crippen LogP contribution < -0.4 is 16.7 Å². The Morgan fingerprint density at radius 1 is 1.47 bits per heavy atom.